The van der Waals surface area contributed by atoms with Gasteiger partial charge in [-0.05, 0) is 18.9 Å². The Morgan fingerprint density at radius 3 is 2.64 bits per heavy atom. The van der Waals surface area contributed by atoms with Crippen molar-refractivity contribution in [2.45, 2.75) is 19.4 Å². The maximum absolute atomic E-state index is 12.0. The van der Waals surface area contributed by atoms with Crippen LogP contribution in [0.1, 0.15) is 25.0 Å². The number of hydrogen-bond acceptors (Lipinski definition) is 4. The van der Waals surface area contributed by atoms with Crippen LogP contribution in [0.3, 0.4) is 0 Å². The summed E-state index contributed by atoms with van der Waals surface area (Å²) >= 11 is 0. The Morgan fingerprint density at radius 1 is 1.27 bits per heavy atom. The second-order valence-corrected chi connectivity index (χ2v) is 6.94. The van der Waals surface area contributed by atoms with Crippen molar-refractivity contribution in [1.82, 2.24) is 9.03 Å². The summed E-state index contributed by atoms with van der Waals surface area (Å²) in [5.41, 5.74) is 1.12. The first-order valence-electron chi connectivity index (χ1n) is 7.58. The zero-order valence-corrected chi connectivity index (χ0v) is 13.7. The predicted molar refractivity (Wildman–Crippen MR) is 84.7 cm³/mol. The third-order valence-corrected chi connectivity index (χ3v) is 5.17. The van der Waals surface area contributed by atoms with Crippen molar-refractivity contribution >= 4 is 10.2 Å². The molecule has 0 aromatic heterocycles. The molecule has 1 N–H and O–H groups in total. The van der Waals surface area contributed by atoms with Crippen LogP contribution in [-0.2, 0) is 19.7 Å². The summed E-state index contributed by atoms with van der Waals surface area (Å²) in [5, 5.41) is 0. The summed E-state index contributed by atoms with van der Waals surface area (Å²) in [6.07, 6.45) is 0.651. The first kappa shape index (κ1) is 17.4. The fourth-order valence-electron chi connectivity index (χ4n) is 2.23. The lowest BCUT2D eigenvalue weighted by Crippen LogP contribution is -2.46. The Bertz CT molecular complexity index is 530. The van der Waals surface area contributed by atoms with Crippen LogP contribution in [0.25, 0.3) is 0 Å². The summed E-state index contributed by atoms with van der Waals surface area (Å²) in [4.78, 5) is 0. The molecular formula is C15H24N2O4S. The van der Waals surface area contributed by atoms with Crippen LogP contribution in [0, 0.1) is 0 Å². The Morgan fingerprint density at radius 2 is 1.95 bits per heavy atom. The van der Waals surface area contributed by atoms with Crippen LogP contribution in [0.4, 0.5) is 0 Å². The zero-order valence-electron chi connectivity index (χ0n) is 12.9. The van der Waals surface area contributed by atoms with Crippen molar-refractivity contribution in [3.8, 4) is 0 Å². The van der Waals surface area contributed by atoms with E-state index < -0.39 is 10.2 Å². The van der Waals surface area contributed by atoms with E-state index in [1.807, 2.05) is 37.3 Å². The van der Waals surface area contributed by atoms with E-state index in [2.05, 4.69) is 4.72 Å². The Balaban J connectivity index is 1.64. The first-order valence-corrected chi connectivity index (χ1v) is 9.02. The highest BCUT2D eigenvalue weighted by atomic mass is 32.2. The molecule has 0 aliphatic carbocycles. The van der Waals surface area contributed by atoms with E-state index in [0.717, 1.165) is 5.56 Å². The lowest BCUT2D eigenvalue weighted by atomic mass is 10.1. The topological polar surface area (TPSA) is 67.9 Å². The number of nitrogens with one attached hydrogen (secondary N) is 1. The Labute approximate surface area is 132 Å². The minimum absolute atomic E-state index is 0.0112. The number of benzene rings is 1. The monoisotopic (exact) mass is 328 g/mol. The van der Waals surface area contributed by atoms with Gasteiger partial charge in [0.25, 0.3) is 10.2 Å². The SMILES string of the molecule is C[C@H](OCCCNS(=O)(=O)N1CCOCC1)c1ccccc1. The third kappa shape index (κ3) is 5.33. The van der Waals surface area contributed by atoms with E-state index >= 15 is 0 Å². The number of hydrogen-bond donors (Lipinski definition) is 1. The van der Waals surface area contributed by atoms with E-state index in [1.54, 1.807) is 0 Å². The molecule has 1 aliphatic rings. The quantitative estimate of drug-likeness (QED) is 0.731. The fraction of sp³-hybridized carbons (Fsp3) is 0.600. The second kappa shape index (κ2) is 8.59. The Hall–Kier alpha value is -0.990. The smallest absolute Gasteiger partial charge is 0.279 e. The van der Waals surface area contributed by atoms with Crippen LogP contribution in [-0.4, -0.2) is 52.2 Å². The predicted octanol–water partition coefficient (Wildman–Crippen LogP) is 1.32. The van der Waals surface area contributed by atoms with Crippen molar-refractivity contribution in [2.75, 3.05) is 39.5 Å². The summed E-state index contributed by atoms with van der Waals surface area (Å²) in [7, 11) is -3.39. The van der Waals surface area contributed by atoms with E-state index in [9.17, 15) is 8.42 Å². The molecular weight excluding hydrogens is 304 g/mol. The number of rotatable bonds is 8. The highest BCUT2D eigenvalue weighted by Crippen LogP contribution is 2.15. The van der Waals surface area contributed by atoms with Gasteiger partial charge in [0.1, 0.15) is 0 Å². The molecule has 1 aliphatic heterocycles. The molecule has 6 nitrogen and oxygen atoms in total. The van der Waals surface area contributed by atoms with Crippen LogP contribution in [0.5, 0.6) is 0 Å². The summed E-state index contributed by atoms with van der Waals surface area (Å²) in [6, 6.07) is 9.96. The van der Waals surface area contributed by atoms with Crippen molar-refractivity contribution in [3.05, 3.63) is 35.9 Å². The molecule has 0 amide bonds. The molecule has 0 unspecified atom stereocenters. The molecule has 124 valence electrons. The zero-order chi connectivity index (χ0) is 15.8. The number of morpholine rings is 1. The van der Waals surface area contributed by atoms with Crippen LogP contribution >= 0.6 is 0 Å². The molecule has 2 rings (SSSR count). The molecule has 1 atom stereocenters. The van der Waals surface area contributed by atoms with Gasteiger partial charge in [0.05, 0.1) is 19.3 Å². The van der Waals surface area contributed by atoms with Crippen LogP contribution in [0.2, 0.25) is 0 Å². The lowest BCUT2D eigenvalue weighted by Gasteiger charge is -2.26. The van der Waals surface area contributed by atoms with Crippen LogP contribution < -0.4 is 4.72 Å². The summed E-state index contributed by atoms with van der Waals surface area (Å²) in [6.45, 7) is 4.63. The molecule has 7 heteroatoms. The standard InChI is InChI=1S/C15H24N2O4S/c1-14(15-6-3-2-4-7-15)21-11-5-8-16-22(18,19)17-9-12-20-13-10-17/h2-4,6-7,14,16H,5,8-13H2,1H3/t14-/m0/s1. The molecule has 1 aromatic carbocycles. The van der Waals surface area contributed by atoms with Gasteiger partial charge in [0.15, 0.2) is 0 Å². The lowest BCUT2D eigenvalue weighted by molar-refractivity contribution is 0.0641. The summed E-state index contributed by atoms with van der Waals surface area (Å²) in [5.74, 6) is 0. The maximum atomic E-state index is 12.0. The normalized spacial score (nSPS) is 18.2. The fourth-order valence-corrected chi connectivity index (χ4v) is 3.45. The molecule has 22 heavy (non-hydrogen) atoms. The Kier molecular flexibility index (Phi) is 6.78. The number of ether oxygens (including phenoxy) is 2. The average molecular weight is 328 g/mol. The largest absolute Gasteiger partial charge is 0.379 e. The van der Waals surface area contributed by atoms with Gasteiger partial charge < -0.3 is 9.47 Å². The van der Waals surface area contributed by atoms with Gasteiger partial charge in [-0.25, -0.2) is 4.72 Å². The molecule has 1 heterocycles. The van der Waals surface area contributed by atoms with Gasteiger partial charge >= 0.3 is 0 Å². The highest BCUT2D eigenvalue weighted by Gasteiger charge is 2.23. The van der Waals surface area contributed by atoms with E-state index in [4.69, 9.17) is 9.47 Å². The van der Waals surface area contributed by atoms with Gasteiger partial charge in [-0.15, -0.1) is 0 Å². The maximum Gasteiger partial charge on any atom is 0.279 e. The second-order valence-electron chi connectivity index (χ2n) is 5.19. The van der Waals surface area contributed by atoms with Gasteiger partial charge in [-0.3, -0.25) is 0 Å². The molecule has 1 fully saturated rings. The van der Waals surface area contributed by atoms with E-state index in [0.29, 0.717) is 45.9 Å². The average Bonchev–Trinajstić information content (AvgIpc) is 2.56. The van der Waals surface area contributed by atoms with Crippen molar-refractivity contribution in [2.24, 2.45) is 0 Å². The van der Waals surface area contributed by atoms with E-state index in [1.165, 1.54) is 4.31 Å². The molecule has 0 spiro atoms. The minimum atomic E-state index is -3.39. The number of nitrogens with zero attached hydrogens (tertiary/aromatic N) is 1. The first-order chi connectivity index (χ1) is 10.6. The van der Waals surface area contributed by atoms with Crippen molar-refractivity contribution in [1.29, 1.82) is 0 Å². The molecule has 1 saturated heterocycles. The molecule has 1 aromatic rings. The minimum Gasteiger partial charge on any atom is -0.379 e. The molecule has 0 saturated carbocycles. The van der Waals surface area contributed by atoms with Crippen molar-refractivity contribution in [3.63, 3.8) is 0 Å². The van der Waals surface area contributed by atoms with Gasteiger partial charge in [-0.2, -0.15) is 12.7 Å². The molecule has 0 bridgehead atoms. The highest BCUT2D eigenvalue weighted by molar-refractivity contribution is 7.87. The summed E-state index contributed by atoms with van der Waals surface area (Å²) < 4.78 is 38.9. The van der Waals surface area contributed by atoms with E-state index in [-0.39, 0.29) is 6.10 Å². The molecule has 0 radical (unpaired) electrons. The van der Waals surface area contributed by atoms with Gasteiger partial charge in [0.2, 0.25) is 0 Å². The van der Waals surface area contributed by atoms with Gasteiger partial charge in [0, 0.05) is 26.2 Å². The van der Waals surface area contributed by atoms with Gasteiger partial charge in [-0.1, -0.05) is 30.3 Å². The van der Waals surface area contributed by atoms with Crippen LogP contribution in [0.15, 0.2) is 30.3 Å². The third-order valence-electron chi connectivity index (χ3n) is 3.55. The van der Waals surface area contributed by atoms with Crippen molar-refractivity contribution < 1.29 is 17.9 Å².